The van der Waals surface area contributed by atoms with Crippen molar-refractivity contribution < 1.29 is 18.0 Å². The van der Waals surface area contributed by atoms with E-state index in [9.17, 15) is 18.0 Å². The molecule has 0 saturated heterocycles. The van der Waals surface area contributed by atoms with Crippen LogP contribution in [0.15, 0.2) is 48.5 Å². The zero-order valence-corrected chi connectivity index (χ0v) is 16.3. The fourth-order valence-corrected chi connectivity index (χ4v) is 3.82. The number of rotatable bonds is 7. The topological polar surface area (TPSA) is 104 Å². The lowest BCUT2D eigenvalue weighted by molar-refractivity contribution is -0.118. The third-order valence-electron chi connectivity index (χ3n) is 3.90. The molecule has 8 heteroatoms. The number of carbonyl (C=O) groups excluding carboxylic acids is 2. The maximum absolute atomic E-state index is 12.4. The molecule has 0 spiro atoms. The number of nitrogens with one attached hydrogen (secondary N) is 3. The minimum Gasteiger partial charge on any atom is -0.355 e. The summed E-state index contributed by atoms with van der Waals surface area (Å²) in [4.78, 5) is 24.3. The van der Waals surface area contributed by atoms with Gasteiger partial charge in [-0.05, 0) is 31.2 Å². The second-order valence-electron chi connectivity index (χ2n) is 6.26. The molecule has 0 bridgehead atoms. The molecule has 0 radical (unpaired) electrons. The Morgan fingerprint density at radius 3 is 2.30 bits per heavy atom. The van der Waals surface area contributed by atoms with Crippen molar-refractivity contribution in [1.29, 1.82) is 0 Å². The van der Waals surface area contributed by atoms with Crippen LogP contribution in [0.5, 0.6) is 0 Å². The molecule has 0 fully saturated rings. The van der Waals surface area contributed by atoms with Gasteiger partial charge in [-0.15, -0.1) is 0 Å². The van der Waals surface area contributed by atoms with Crippen molar-refractivity contribution in [2.75, 3.05) is 22.8 Å². The number of aryl methyl sites for hydroxylation is 1. The van der Waals surface area contributed by atoms with E-state index in [1.54, 1.807) is 48.5 Å². The Hall–Kier alpha value is -2.87. The quantitative estimate of drug-likeness (QED) is 0.676. The molecule has 0 heterocycles. The van der Waals surface area contributed by atoms with Gasteiger partial charge in [0, 0.05) is 12.7 Å². The number of benzene rings is 2. The fourth-order valence-electron chi connectivity index (χ4n) is 2.43. The first-order valence-electron chi connectivity index (χ1n) is 8.41. The van der Waals surface area contributed by atoms with Crippen LogP contribution in [0.4, 0.5) is 11.4 Å². The highest BCUT2D eigenvalue weighted by molar-refractivity contribution is 7.92. The Kier molecular flexibility index (Phi) is 6.57. The minimum atomic E-state index is -3.71. The fraction of sp³-hybridized carbons (Fsp3) is 0.263. The predicted molar refractivity (Wildman–Crippen MR) is 106 cm³/mol. The molecular weight excluding hydrogens is 366 g/mol. The maximum atomic E-state index is 12.4. The Balaban J connectivity index is 2.05. The van der Waals surface area contributed by atoms with Gasteiger partial charge in [0.2, 0.25) is 15.9 Å². The van der Waals surface area contributed by atoms with Crippen LogP contribution in [0.2, 0.25) is 0 Å². The predicted octanol–water partition coefficient (Wildman–Crippen LogP) is 2.37. The molecule has 0 aromatic heterocycles. The molecular formula is C19H23N3O4S. The average Bonchev–Trinajstić information content (AvgIpc) is 2.62. The second-order valence-corrected chi connectivity index (χ2v) is 8.03. The van der Waals surface area contributed by atoms with Crippen molar-refractivity contribution >= 4 is 33.2 Å². The molecule has 3 N–H and O–H groups in total. The van der Waals surface area contributed by atoms with Crippen molar-refractivity contribution in [1.82, 2.24) is 5.32 Å². The monoisotopic (exact) mass is 389 g/mol. The Labute approximate surface area is 159 Å². The normalized spacial score (nSPS) is 12.1. The van der Waals surface area contributed by atoms with E-state index < -0.39 is 21.8 Å². The van der Waals surface area contributed by atoms with Crippen molar-refractivity contribution in [3.63, 3.8) is 0 Å². The lowest BCUT2D eigenvalue weighted by Gasteiger charge is -2.15. The van der Waals surface area contributed by atoms with E-state index in [0.717, 1.165) is 5.56 Å². The number of amides is 2. The number of para-hydroxylation sites is 1. The van der Waals surface area contributed by atoms with E-state index in [4.69, 9.17) is 0 Å². The van der Waals surface area contributed by atoms with Gasteiger partial charge in [-0.25, -0.2) is 8.42 Å². The van der Waals surface area contributed by atoms with Crippen LogP contribution in [0, 0.1) is 12.8 Å². The van der Waals surface area contributed by atoms with E-state index >= 15 is 0 Å². The van der Waals surface area contributed by atoms with E-state index in [-0.39, 0.29) is 11.7 Å². The van der Waals surface area contributed by atoms with Gasteiger partial charge in [0.05, 0.1) is 22.9 Å². The first-order chi connectivity index (χ1) is 12.7. The van der Waals surface area contributed by atoms with Crippen LogP contribution in [-0.2, 0) is 14.8 Å². The van der Waals surface area contributed by atoms with Crippen LogP contribution in [0.1, 0.15) is 22.8 Å². The van der Waals surface area contributed by atoms with Gasteiger partial charge in [0.25, 0.3) is 5.91 Å². The summed E-state index contributed by atoms with van der Waals surface area (Å²) in [6, 6.07) is 13.5. The van der Waals surface area contributed by atoms with E-state index in [1.165, 1.54) is 14.0 Å². The number of hydrogen-bond donors (Lipinski definition) is 3. The second kappa shape index (κ2) is 8.68. The molecule has 2 rings (SSSR count). The lowest BCUT2D eigenvalue weighted by Crippen LogP contribution is -2.30. The van der Waals surface area contributed by atoms with Crippen molar-refractivity contribution in [3.05, 3.63) is 59.7 Å². The summed E-state index contributed by atoms with van der Waals surface area (Å²) in [5.41, 5.74) is 2.09. The van der Waals surface area contributed by atoms with Crippen LogP contribution >= 0.6 is 0 Å². The third kappa shape index (κ3) is 5.82. The zero-order chi connectivity index (χ0) is 20.0. The van der Waals surface area contributed by atoms with Gasteiger partial charge in [-0.3, -0.25) is 14.3 Å². The number of carbonyl (C=O) groups is 2. The van der Waals surface area contributed by atoms with E-state index in [2.05, 4.69) is 15.4 Å². The van der Waals surface area contributed by atoms with E-state index in [0.29, 0.717) is 16.9 Å². The van der Waals surface area contributed by atoms with Gasteiger partial charge in [0.1, 0.15) is 0 Å². The van der Waals surface area contributed by atoms with Crippen LogP contribution < -0.4 is 15.4 Å². The number of hydrogen-bond acceptors (Lipinski definition) is 4. The summed E-state index contributed by atoms with van der Waals surface area (Å²) in [7, 11) is -2.21. The molecule has 144 valence electrons. The zero-order valence-electron chi connectivity index (χ0n) is 15.4. The summed E-state index contributed by atoms with van der Waals surface area (Å²) in [5.74, 6) is -2.02. The SMILES string of the molecule is CNC(=O)c1ccccc1NC(=O)C(C)CS(=O)(=O)Nc1ccc(C)cc1. The summed E-state index contributed by atoms with van der Waals surface area (Å²) in [6.07, 6.45) is 0. The maximum Gasteiger partial charge on any atom is 0.253 e. The van der Waals surface area contributed by atoms with Gasteiger partial charge in [-0.2, -0.15) is 0 Å². The van der Waals surface area contributed by atoms with Gasteiger partial charge >= 0.3 is 0 Å². The summed E-state index contributed by atoms with van der Waals surface area (Å²) in [5, 5.41) is 5.12. The van der Waals surface area contributed by atoms with Crippen molar-refractivity contribution in [3.8, 4) is 0 Å². The minimum absolute atomic E-state index is 0.307. The average molecular weight is 389 g/mol. The Morgan fingerprint density at radius 1 is 1.04 bits per heavy atom. The molecule has 1 unspecified atom stereocenters. The third-order valence-corrected chi connectivity index (χ3v) is 5.38. The highest BCUT2D eigenvalue weighted by atomic mass is 32.2. The van der Waals surface area contributed by atoms with Gasteiger partial charge < -0.3 is 10.6 Å². The van der Waals surface area contributed by atoms with Crippen molar-refractivity contribution in [2.45, 2.75) is 13.8 Å². The molecule has 27 heavy (non-hydrogen) atoms. The molecule has 0 saturated carbocycles. The smallest absolute Gasteiger partial charge is 0.253 e. The van der Waals surface area contributed by atoms with Crippen LogP contribution in [-0.4, -0.2) is 33.0 Å². The highest BCUT2D eigenvalue weighted by Crippen LogP contribution is 2.17. The molecule has 0 aliphatic carbocycles. The Morgan fingerprint density at radius 2 is 1.67 bits per heavy atom. The molecule has 7 nitrogen and oxygen atoms in total. The summed E-state index contributed by atoms with van der Waals surface area (Å²) in [6.45, 7) is 3.42. The first kappa shape index (κ1) is 20.4. The molecule has 2 aromatic carbocycles. The summed E-state index contributed by atoms with van der Waals surface area (Å²) < 4.78 is 27.1. The molecule has 0 aliphatic heterocycles. The summed E-state index contributed by atoms with van der Waals surface area (Å²) >= 11 is 0. The highest BCUT2D eigenvalue weighted by Gasteiger charge is 2.23. The number of sulfonamides is 1. The Bertz CT molecular complexity index is 924. The lowest BCUT2D eigenvalue weighted by atomic mass is 10.1. The van der Waals surface area contributed by atoms with Gasteiger partial charge in [0.15, 0.2) is 0 Å². The first-order valence-corrected chi connectivity index (χ1v) is 10.1. The van der Waals surface area contributed by atoms with Crippen LogP contribution in [0.25, 0.3) is 0 Å². The molecule has 0 aliphatic rings. The van der Waals surface area contributed by atoms with Crippen molar-refractivity contribution in [2.24, 2.45) is 5.92 Å². The van der Waals surface area contributed by atoms with E-state index in [1.807, 2.05) is 6.92 Å². The number of anilines is 2. The largest absolute Gasteiger partial charge is 0.355 e. The van der Waals surface area contributed by atoms with Gasteiger partial charge in [-0.1, -0.05) is 36.8 Å². The van der Waals surface area contributed by atoms with Crippen LogP contribution in [0.3, 0.4) is 0 Å². The molecule has 2 amide bonds. The molecule has 1 atom stereocenters. The molecule has 2 aromatic rings. The standard InChI is InChI=1S/C19H23N3O4S/c1-13-8-10-15(11-9-13)22-27(25,26)12-14(2)18(23)21-17-7-5-4-6-16(17)19(24)20-3/h4-11,14,22H,12H2,1-3H3,(H,20,24)(H,21,23).